The summed E-state index contributed by atoms with van der Waals surface area (Å²) in [6, 6.07) is 5.94. The van der Waals surface area contributed by atoms with E-state index in [0.29, 0.717) is 10.6 Å². The fourth-order valence-electron chi connectivity index (χ4n) is 3.93. The number of nitriles is 1. The molecule has 3 rings (SSSR count). The number of anilines is 2. The maximum atomic E-state index is 16.0. The average molecular weight is 450 g/mol. The third-order valence-corrected chi connectivity index (χ3v) is 5.62. The molecule has 2 aromatic rings. The van der Waals surface area contributed by atoms with Gasteiger partial charge in [0.2, 0.25) is 5.79 Å². The van der Waals surface area contributed by atoms with Gasteiger partial charge in [-0.1, -0.05) is 6.92 Å². The number of carboxylic acid groups (broad SMARTS) is 1. The van der Waals surface area contributed by atoms with Crippen LogP contribution in [0.25, 0.3) is 0 Å². The van der Waals surface area contributed by atoms with E-state index < -0.39 is 48.2 Å². The summed E-state index contributed by atoms with van der Waals surface area (Å²) in [5.74, 6) is -7.20. The van der Waals surface area contributed by atoms with E-state index in [-0.39, 0.29) is 24.3 Å². The highest BCUT2D eigenvalue weighted by molar-refractivity contribution is 5.98. The molecule has 4 atom stereocenters. The molecule has 1 saturated heterocycles. The summed E-state index contributed by atoms with van der Waals surface area (Å²) in [5.41, 5.74) is 5.74. The number of piperidine rings is 1. The van der Waals surface area contributed by atoms with Crippen molar-refractivity contribution in [2.24, 2.45) is 17.6 Å². The first-order valence-corrected chi connectivity index (χ1v) is 9.70. The highest BCUT2D eigenvalue weighted by Crippen LogP contribution is 2.46. The topological polar surface area (TPSA) is 137 Å². The summed E-state index contributed by atoms with van der Waals surface area (Å²) in [6.07, 6.45) is -0.394. The molecule has 2 amide bonds. The molecule has 4 N–H and O–H groups in total. The maximum Gasteiger partial charge on any atom is 0.409 e. The molecule has 2 unspecified atom stereocenters. The number of carbonyl (C=O) groups is 2. The summed E-state index contributed by atoms with van der Waals surface area (Å²) in [6.45, 7) is -0.318. The van der Waals surface area contributed by atoms with Gasteiger partial charge in [-0.3, -0.25) is 18.8 Å². The van der Waals surface area contributed by atoms with Crippen LogP contribution in [-0.4, -0.2) is 50.8 Å². The summed E-state index contributed by atoms with van der Waals surface area (Å²) in [5, 5.41) is 26.2. The number of nitrogens with one attached hydrogen (secondary N) is 1. The van der Waals surface area contributed by atoms with Crippen molar-refractivity contribution in [1.82, 2.24) is 14.7 Å². The molecule has 1 aromatic heterocycles. The maximum absolute atomic E-state index is 16.0. The molecule has 1 fully saturated rings. The second-order valence-electron chi connectivity index (χ2n) is 7.55. The number of benzene rings is 1. The van der Waals surface area contributed by atoms with Gasteiger partial charge >= 0.3 is 6.09 Å². The molecule has 32 heavy (non-hydrogen) atoms. The second kappa shape index (κ2) is 8.78. The molecule has 1 aliphatic heterocycles. The Bertz CT molecular complexity index is 1050. The highest BCUT2D eigenvalue weighted by atomic mass is 19.2. The lowest BCUT2D eigenvalue weighted by Gasteiger charge is -2.48. The molecular formula is C20H21F3N6O3. The summed E-state index contributed by atoms with van der Waals surface area (Å²) in [4.78, 5) is 24.0. The Morgan fingerprint density at radius 2 is 2.09 bits per heavy atom. The first-order valence-electron chi connectivity index (χ1n) is 9.70. The first kappa shape index (κ1) is 22.9. The first-order chi connectivity index (χ1) is 15.1. The number of primary amides is 1. The Morgan fingerprint density at radius 1 is 1.44 bits per heavy atom. The Hall–Kier alpha value is -3.75. The van der Waals surface area contributed by atoms with Crippen LogP contribution < -0.4 is 11.1 Å². The third kappa shape index (κ3) is 3.93. The largest absolute Gasteiger partial charge is 0.465 e. The van der Waals surface area contributed by atoms with Crippen molar-refractivity contribution < 1.29 is 27.9 Å². The lowest BCUT2D eigenvalue weighted by Crippen LogP contribution is -2.62. The van der Waals surface area contributed by atoms with Crippen LogP contribution in [0.15, 0.2) is 30.5 Å². The van der Waals surface area contributed by atoms with Crippen molar-refractivity contribution >= 4 is 23.5 Å². The quantitative estimate of drug-likeness (QED) is 0.578. The number of rotatable bonds is 6. The second-order valence-corrected chi connectivity index (χ2v) is 7.55. The third-order valence-electron chi connectivity index (χ3n) is 5.62. The molecule has 0 aliphatic carbocycles. The Balaban J connectivity index is 2.02. The molecule has 0 saturated carbocycles. The van der Waals surface area contributed by atoms with Crippen LogP contribution in [0.5, 0.6) is 0 Å². The van der Waals surface area contributed by atoms with E-state index >= 15 is 4.39 Å². The fourth-order valence-corrected chi connectivity index (χ4v) is 3.93. The lowest BCUT2D eigenvalue weighted by atomic mass is 9.77. The van der Waals surface area contributed by atoms with Crippen LogP contribution >= 0.6 is 0 Å². The zero-order chi connectivity index (χ0) is 23.6. The number of amides is 2. The minimum atomic E-state index is -2.82. The molecule has 2 heterocycles. The number of aromatic nitrogens is 2. The van der Waals surface area contributed by atoms with Gasteiger partial charge in [-0.15, -0.1) is 0 Å². The number of nitrogens with two attached hydrogens (primary N) is 1. The van der Waals surface area contributed by atoms with E-state index in [9.17, 15) is 28.7 Å². The van der Waals surface area contributed by atoms with Crippen LogP contribution in [0.1, 0.15) is 29.7 Å². The normalized spacial score (nSPS) is 23.9. The van der Waals surface area contributed by atoms with Gasteiger partial charge < -0.3 is 16.2 Å². The Kier molecular flexibility index (Phi) is 6.29. The molecule has 170 valence electrons. The van der Waals surface area contributed by atoms with Gasteiger partial charge in [0.05, 0.1) is 18.8 Å². The Labute approximate surface area is 181 Å². The number of hydrogen-bond donors (Lipinski definition) is 3. The van der Waals surface area contributed by atoms with E-state index in [1.807, 2.05) is 0 Å². The SMILES string of the molecule is CC(CF)C1(F)[C@H](C#N)[C@H](n2cc(C(N)=O)c(Nc3ccc(F)cc3)n2)CCN1C(=O)O. The predicted molar refractivity (Wildman–Crippen MR) is 107 cm³/mol. The number of carbonyl (C=O) groups excluding carboxylic acids is 1. The van der Waals surface area contributed by atoms with Gasteiger partial charge in [0.15, 0.2) is 5.82 Å². The smallest absolute Gasteiger partial charge is 0.409 e. The molecule has 1 aliphatic rings. The van der Waals surface area contributed by atoms with Crippen LogP contribution in [-0.2, 0) is 0 Å². The zero-order valence-electron chi connectivity index (χ0n) is 17.0. The summed E-state index contributed by atoms with van der Waals surface area (Å²) < 4.78 is 43.8. The van der Waals surface area contributed by atoms with Gasteiger partial charge in [-0.2, -0.15) is 10.4 Å². The van der Waals surface area contributed by atoms with Crippen molar-refractivity contribution in [1.29, 1.82) is 5.26 Å². The monoisotopic (exact) mass is 450 g/mol. The average Bonchev–Trinajstić information content (AvgIpc) is 3.17. The standard InChI is InChI=1S/C20H21F3N6O3/c1-11(8-21)20(23)15(9-24)16(6-7-28(20)19(31)32)29-10-14(17(25)30)18(27-29)26-13-4-2-12(22)3-5-13/h2-5,10-11,15-16H,6-8H2,1H3,(H2,25,30)(H,26,27)(H,31,32)/t11?,15-,16-,20?/m1/s1. The summed E-state index contributed by atoms with van der Waals surface area (Å²) in [7, 11) is 0. The van der Waals surface area contributed by atoms with Gasteiger partial charge in [0, 0.05) is 24.3 Å². The van der Waals surface area contributed by atoms with Gasteiger partial charge in [0.1, 0.15) is 17.3 Å². The van der Waals surface area contributed by atoms with E-state index in [1.54, 1.807) is 6.07 Å². The van der Waals surface area contributed by atoms with Crippen LogP contribution in [0, 0.1) is 29.0 Å². The minimum Gasteiger partial charge on any atom is -0.465 e. The number of halogens is 3. The number of nitrogens with zero attached hydrogens (tertiary/aromatic N) is 4. The summed E-state index contributed by atoms with van der Waals surface area (Å²) >= 11 is 0. The molecule has 0 spiro atoms. The number of hydrogen-bond acceptors (Lipinski definition) is 5. The minimum absolute atomic E-state index is 0.00886. The van der Waals surface area contributed by atoms with E-state index in [2.05, 4.69) is 10.4 Å². The predicted octanol–water partition coefficient (Wildman–Crippen LogP) is 3.20. The lowest BCUT2D eigenvalue weighted by molar-refractivity contribution is -0.131. The van der Waals surface area contributed by atoms with Gasteiger partial charge in [0.25, 0.3) is 5.91 Å². The van der Waals surface area contributed by atoms with Crippen molar-refractivity contribution in [3.05, 3.63) is 41.8 Å². The zero-order valence-corrected chi connectivity index (χ0v) is 17.0. The van der Waals surface area contributed by atoms with E-state index in [1.165, 1.54) is 37.4 Å². The number of likely N-dealkylation sites (tertiary alicyclic amines) is 1. The van der Waals surface area contributed by atoms with Crippen molar-refractivity contribution in [2.75, 3.05) is 18.5 Å². The van der Waals surface area contributed by atoms with Gasteiger partial charge in [-0.05, 0) is 30.7 Å². The van der Waals surface area contributed by atoms with Crippen LogP contribution in [0.4, 0.5) is 29.5 Å². The molecule has 12 heteroatoms. The van der Waals surface area contributed by atoms with Crippen molar-refractivity contribution in [3.63, 3.8) is 0 Å². The molecule has 0 bridgehead atoms. The molecular weight excluding hydrogens is 429 g/mol. The Morgan fingerprint density at radius 3 is 2.62 bits per heavy atom. The molecule has 1 aromatic carbocycles. The molecule has 9 nitrogen and oxygen atoms in total. The molecule has 0 radical (unpaired) electrons. The van der Waals surface area contributed by atoms with E-state index in [0.717, 1.165) is 4.68 Å². The van der Waals surface area contributed by atoms with E-state index in [4.69, 9.17) is 5.73 Å². The van der Waals surface area contributed by atoms with Gasteiger partial charge in [-0.25, -0.2) is 13.6 Å². The van der Waals surface area contributed by atoms with Crippen LogP contribution in [0.2, 0.25) is 0 Å². The number of alkyl halides is 2. The van der Waals surface area contributed by atoms with Crippen molar-refractivity contribution in [3.8, 4) is 6.07 Å². The fraction of sp³-hybridized carbons (Fsp3) is 0.400. The van der Waals surface area contributed by atoms with Crippen molar-refractivity contribution in [2.45, 2.75) is 25.2 Å². The highest BCUT2D eigenvalue weighted by Gasteiger charge is 2.58. The van der Waals surface area contributed by atoms with Crippen LogP contribution in [0.3, 0.4) is 0 Å².